The third-order valence-corrected chi connectivity index (χ3v) is 12.6. The molecular formula is C54H104O6. The van der Waals surface area contributed by atoms with Gasteiger partial charge in [-0.25, -0.2) is 0 Å². The lowest BCUT2D eigenvalue weighted by molar-refractivity contribution is -0.167. The van der Waals surface area contributed by atoms with Gasteiger partial charge in [0.2, 0.25) is 0 Å². The Balaban J connectivity index is 4.30. The van der Waals surface area contributed by atoms with Gasteiger partial charge < -0.3 is 14.2 Å². The average molecular weight is 849 g/mol. The van der Waals surface area contributed by atoms with E-state index < -0.39 is 6.10 Å². The lowest BCUT2D eigenvalue weighted by atomic mass is 9.99. The summed E-state index contributed by atoms with van der Waals surface area (Å²) >= 11 is 0. The Morgan fingerprint density at radius 2 is 0.633 bits per heavy atom. The molecule has 0 aliphatic carbocycles. The molecule has 0 saturated carbocycles. The minimum atomic E-state index is -0.762. The minimum absolute atomic E-state index is 0.0637. The van der Waals surface area contributed by atoms with Gasteiger partial charge in [-0.2, -0.15) is 0 Å². The molecule has 0 saturated heterocycles. The maximum atomic E-state index is 12.8. The summed E-state index contributed by atoms with van der Waals surface area (Å²) < 4.78 is 16.8. The minimum Gasteiger partial charge on any atom is -0.462 e. The van der Waals surface area contributed by atoms with Crippen molar-refractivity contribution in [1.82, 2.24) is 0 Å². The van der Waals surface area contributed by atoms with Crippen LogP contribution in [-0.4, -0.2) is 37.2 Å². The number of carbonyl (C=O) groups is 3. The highest BCUT2D eigenvalue weighted by atomic mass is 16.6. The molecule has 0 spiro atoms. The summed E-state index contributed by atoms with van der Waals surface area (Å²) in [5, 5.41) is 0. The molecule has 2 atom stereocenters. The smallest absolute Gasteiger partial charge is 0.306 e. The molecule has 0 rings (SSSR count). The Morgan fingerprint density at radius 3 is 0.950 bits per heavy atom. The first-order valence-corrected chi connectivity index (χ1v) is 26.8. The number of hydrogen-bond acceptors (Lipinski definition) is 6. The molecule has 0 bridgehead atoms. The largest absolute Gasteiger partial charge is 0.462 e. The van der Waals surface area contributed by atoms with E-state index in [0.717, 1.165) is 69.6 Å². The molecule has 0 aromatic rings. The lowest BCUT2D eigenvalue weighted by Gasteiger charge is -2.18. The number of ether oxygens (including phenoxy) is 3. The summed E-state index contributed by atoms with van der Waals surface area (Å²) in [5.41, 5.74) is 0. The van der Waals surface area contributed by atoms with Crippen LogP contribution in [0.4, 0.5) is 0 Å². The summed E-state index contributed by atoms with van der Waals surface area (Å²) in [7, 11) is 0. The van der Waals surface area contributed by atoms with Crippen LogP contribution in [0.25, 0.3) is 0 Å². The molecule has 0 heterocycles. The number of carbonyl (C=O) groups excluding carboxylic acids is 3. The summed E-state index contributed by atoms with van der Waals surface area (Å²) in [6.45, 7) is 11.4. The van der Waals surface area contributed by atoms with Crippen molar-refractivity contribution < 1.29 is 28.6 Å². The van der Waals surface area contributed by atoms with E-state index in [1.807, 2.05) is 0 Å². The third-order valence-electron chi connectivity index (χ3n) is 12.6. The molecule has 6 nitrogen and oxygen atoms in total. The Bertz CT molecular complexity index is 918. The fourth-order valence-electron chi connectivity index (χ4n) is 8.13. The van der Waals surface area contributed by atoms with Crippen molar-refractivity contribution in [2.75, 3.05) is 13.2 Å². The fraction of sp³-hybridized carbons (Fsp3) is 0.944. The molecule has 1 unspecified atom stereocenters. The predicted octanol–water partition coefficient (Wildman–Crippen LogP) is 17.3. The quantitative estimate of drug-likeness (QED) is 0.0345. The Morgan fingerprint density at radius 1 is 0.350 bits per heavy atom. The highest BCUT2D eigenvalue weighted by Crippen LogP contribution is 2.18. The SMILES string of the molecule is CCCCCCCCCCCCCCCCCCC(=O)OC[C@@H](COC(=O)CCCCCCCCCCCCC(C)CC)OC(=O)CCCCCCCCCCCC(C)C. The van der Waals surface area contributed by atoms with Gasteiger partial charge in [-0.05, 0) is 31.1 Å². The number of hydrogen-bond donors (Lipinski definition) is 0. The van der Waals surface area contributed by atoms with Gasteiger partial charge in [0.15, 0.2) is 6.10 Å². The molecule has 0 aromatic carbocycles. The van der Waals surface area contributed by atoms with Gasteiger partial charge in [0.05, 0.1) is 0 Å². The monoisotopic (exact) mass is 849 g/mol. The van der Waals surface area contributed by atoms with Gasteiger partial charge in [-0.15, -0.1) is 0 Å². The lowest BCUT2D eigenvalue weighted by Crippen LogP contribution is -2.30. The van der Waals surface area contributed by atoms with Gasteiger partial charge in [-0.1, -0.05) is 259 Å². The van der Waals surface area contributed by atoms with Crippen LogP contribution < -0.4 is 0 Å². The van der Waals surface area contributed by atoms with Gasteiger partial charge in [0, 0.05) is 19.3 Å². The summed E-state index contributed by atoms with van der Waals surface area (Å²) in [6, 6.07) is 0. The maximum Gasteiger partial charge on any atom is 0.306 e. The van der Waals surface area contributed by atoms with E-state index in [2.05, 4.69) is 34.6 Å². The molecule has 6 heteroatoms. The number of unbranched alkanes of at least 4 members (excludes halogenated alkanes) is 32. The molecule has 0 fully saturated rings. The molecule has 60 heavy (non-hydrogen) atoms. The van der Waals surface area contributed by atoms with Crippen molar-refractivity contribution in [1.29, 1.82) is 0 Å². The van der Waals surface area contributed by atoms with Gasteiger partial charge in [0.1, 0.15) is 13.2 Å². The molecule has 0 aliphatic heterocycles. The van der Waals surface area contributed by atoms with Crippen molar-refractivity contribution in [3.05, 3.63) is 0 Å². The highest BCUT2D eigenvalue weighted by molar-refractivity contribution is 5.71. The summed E-state index contributed by atoms with van der Waals surface area (Å²) in [4.78, 5) is 38.0. The van der Waals surface area contributed by atoms with Crippen molar-refractivity contribution in [2.24, 2.45) is 11.8 Å². The van der Waals surface area contributed by atoms with Crippen molar-refractivity contribution in [3.8, 4) is 0 Å². The van der Waals surface area contributed by atoms with Crippen LogP contribution in [0.1, 0.15) is 298 Å². The Kier molecular flexibility index (Phi) is 45.7. The first-order chi connectivity index (χ1) is 29.3. The molecule has 0 amide bonds. The molecule has 0 aliphatic rings. The zero-order valence-electron chi connectivity index (χ0n) is 41.1. The average Bonchev–Trinajstić information content (AvgIpc) is 3.23. The van der Waals surface area contributed by atoms with Crippen molar-refractivity contribution >= 4 is 17.9 Å². The van der Waals surface area contributed by atoms with Crippen LogP contribution >= 0.6 is 0 Å². The zero-order chi connectivity index (χ0) is 44.0. The molecule has 0 aromatic heterocycles. The topological polar surface area (TPSA) is 78.9 Å². The van der Waals surface area contributed by atoms with Crippen LogP contribution in [0.2, 0.25) is 0 Å². The van der Waals surface area contributed by atoms with Crippen LogP contribution in [0.5, 0.6) is 0 Å². The highest BCUT2D eigenvalue weighted by Gasteiger charge is 2.19. The van der Waals surface area contributed by atoms with Crippen molar-refractivity contribution in [2.45, 2.75) is 304 Å². The normalized spacial score (nSPS) is 12.5. The van der Waals surface area contributed by atoms with Crippen LogP contribution in [-0.2, 0) is 28.6 Å². The van der Waals surface area contributed by atoms with Crippen LogP contribution in [0, 0.1) is 11.8 Å². The van der Waals surface area contributed by atoms with Crippen LogP contribution in [0.3, 0.4) is 0 Å². The standard InChI is InChI=1S/C54H104O6/c1-6-8-9-10-11-12-13-14-15-16-17-18-24-29-34-39-44-52(55)58-47-51(60-54(57)46-41-36-31-26-21-22-27-32-37-42-49(3)4)48-59-53(56)45-40-35-30-25-20-19-23-28-33-38-43-50(5)7-2/h49-51H,6-48H2,1-5H3/t50?,51-/m0/s1. The zero-order valence-corrected chi connectivity index (χ0v) is 41.1. The second kappa shape index (κ2) is 46.9. The number of esters is 3. The van der Waals surface area contributed by atoms with Gasteiger partial charge in [-0.3, -0.25) is 14.4 Å². The van der Waals surface area contributed by atoms with Gasteiger partial charge >= 0.3 is 17.9 Å². The van der Waals surface area contributed by atoms with E-state index in [1.165, 1.54) is 186 Å². The second-order valence-electron chi connectivity index (χ2n) is 19.2. The van der Waals surface area contributed by atoms with E-state index in [0.29, 0.717) is 19.3 Å². The van der Waals surface area contributed by atoms with E-state index >= 15 is 0 Å². The van der Waals surface area contributed by atoms with E-state index in [1.54, 1.807) is 0 Å². The molecular weight excluding hydrogens is 745 g/mol. The summed E-state index contributed by atoms with van der Waals surface area (Å²) in [5.74, 6) is 0.828. The summed E-state index contributed by atoms with van der Waals surface area (Å²) in [6.07, 6.45) is 48.0. The molecule has 0 radical (unpaired) electrons. The molecule has 0 N–H and O–H groups in total. The Hall–Kier alpha value is -1.59. The maximum absolute atomic E-state index is 12.8. The first kappa shape index (κ1) is 58.4. The first-order valence-electron chi connectivity index (χ1n) is 26.8. The third kappa shape index (κ3) is 45.9. The van der Waals surface area contributed by atoms with E-state index in [9.17, 15) is 14.4 Å². The fourth-order valence-corrected chi connectivity index (χ4v) is 8.13. The van der Waals surface area contributed by atoms with Crippen molar-refractivity contribution in [3.63, 3.8) is 0 Å². The van der Waals surface area contributed by atoms with E-state index in [-0.39, 0.29) is 31.1 Å². The Labute approximate surface area is 374 Å². The van der Waals surface area contributed by atoms with E-state index in [4.69, 9.17) is 14.2 Å². The van der Waals surface area contributed by atoms with Gasteiger partial charge in [0.25, 0.3) is 0 Å². The number of rotatable bonds is 48. The van der Waals surface area contributed by atoms with Crippen LogP contribution in [0.15, 0.2) is 0 Å². The molecule has 356 valence electrons. The predicted molar refractivity (Wildman–Crippen MR) is 256 cm³/mol. The second-order valence-corrected chi connectivity index (χ2v) is 19.2.